The van der Waals surface area contributed by atoms with E-state index in [1.54, 1.807) is 23.0 Å². The van der Waals surface area contributed by atoms with Crippen molar-refractivity contribution < 1.29 is 0 Å². The Morgan fingerprint density at radius 2 is 2.50 bits per heavy atom. The average Bonchev–Trinajstić information content (AvgIpc) is 2.27. The molecule has 2 aromatic heterocycles. The molecule has 49 valence electrons. The minimum atomic E-state index is 0.374. The van der Waals surface area contributed by atoms with Crippen molar-refractivity contribution >= 4 is 11.5 Å². The molecule has 0 atom stereocenters. The number of aromatic nitrogens is 3. The second kappa shape index (κ2) is 1.70. The van der Waals surface area contributed by atoms with E-state index < -0.39 is 0 Å². The fraction of sp³-hybridized carbons (Fsp3) is 0. The van der Waals surface area contributed by atoms with E-state index in [-0.39, 0.29) is 0 Å². The number of hydrogen-bond donors (Lipinski definition) is 1. The molecule has 2 N–H and O–H groups in total. The Labute approximate surface area is 57.3 Å². The van der Waals surface area contributed by atoms with Crippen LogP contribution < -0.4 is 5.73 Å². The van der Waals surface area contributed by atoms with Crippen molar-refractivity contribution in [1.29, 1.82) is 0 Å². The molecule has 2 heterocycles. The van der Waals surface area contributed by atoms with Crippen molar-refractivity contribution in [1.82, 2.24) is 14.6 Å². The average molecular weight is 133 g/mol. The lowest BCUT2D eigenvalue weighted by molar-refractivity contribution is 0.945. The molecule has 0 bridgehead atoms. The molecule has 0 aromatic carbocycles. The summed E-state index contributed by atoms with van der Waals surface area (Å²) >= 11 is 0. The minimum absolute atomic E-state index is 0.374. The molecule has 0 aliphatic carbocycles. The Morgan fingerprint density at radius 1 is 1.60 bits per heavy atom. The van der Waals surface area contributed by atoms with Crippen LogP contribution in [0.3, 0.4) is 0 Å². The molecule has 0 saturated carbocycles. The number of nitrogens with two attached hydrogens (primary N) is 1. The second-order valence-corrected chi connectivity index (χ2v) is 1.90. The molecule has 0 fully saturated rings. The van der Waals surface area contributed by atoms with Crippen molar-refractivity contribution in [2.24, 2.45) is 0 Å². The second-order valence-electron chi connectivity index (χ2n) is 1.90. The highest BCUT2D eigenvalue weighted by molar-refractivity contribution is 5.44. The summed E-state index contributed by atoms with van der Waals surface area (Å²) in [6, 6.07) is 4.56. The van der Waals surface area contributed by atoms with Crippen molar-refractivity contribution in [3.8, 4) is 0 Å². The van der Waals surface area contributed by atoms with Crippen molar-refractivity contribution in [3.63, 3.8) is 0 Å². The molecule has 0 amide bonds. The third-order valence-electron chi connectivity index (χ3n) is 1.18. The minimum Gasteiger partial charge on any atom is -0.382 e. The summed E-state index contributed by atoms with van der Waals surface area (Å²) in [6.07, 6.45) is 3.45. The summed E-state index contributed by atoms with van der Waals surface area (Å²) < 4.78 is 1.58. The maximum Gasteiger partial charge on any atom is 0.165 e. The van der Waals surface area contributed by atoms with E-state index in [9.17, 15) is 0 Å². The number of rotatable bonds is 0. The molecule has 0 saturated heterocycles. The van der Waals surface area contributed by atoms with Crippen LogP contribution >= 0.6 is 0 Å². The van der Waals surface area contributed by atoms with Crippen LogP contribution in [0.2, 0.25) is 0 Å². The summed E-state index contributed by atoms with van der Waals surface area (Å²) in [7, 11) is 0. The fourth-order valence-corrected chi connectivity index (χ4v) is 0.789. The van der Waals surface area contributed by atoms with Crippen LogP contribution in [0, 0.1) is 6.07 Å². The van der Waals surface area contributed by atoms with E-state index in [1.807, 2.05) is 0 Å². The zero-order chi connectivity index (χ0) is 6.97. The van der Waals surface area contributed by atoms with Gasteiger partial charge in [-0.1, -0.05) is 0 Å². The van der Waals surface area contributed by atoms with Crippen LogP contribution in [0.5, 0.6) is 0 Å². The summed E-state index contributed by atoms with van der Waals surface area (Å²) in [5, 5.41) is 3.89. The number of anilines is 1. The maximum atomic E-state index is 5.36. The van der Waals surface area contributed by atoms with Crippen LogP contribution in [-0.4, -0.2) is 14.6 Å². The molecule has 10 heavy (non-hydrogen) atoms. The van der Waals surface area contributed by atoms with Crippen LogP contribution in [-0.2, 0) is 0 Å². The number of nitrogens with zero attached hydrogens (tertiary/aromatic N) is 3. The molecule has 0 spiro atoms. The number of hydrogen-bond acceptors (Lipinski definition) is 3. The highest BCUT2D eigenvalue weighted by Crippen LogP contribution is 2.00. The van der Waals surface area contributed by atoms with Gasteiger partial charge in [-0.05, 0) is 6.07 Å². The quantitative estimate of drug-likeness (QED) is 0.555. The SMILES string of the molecule is Nc1[c]c2ncccn2n1. The molecule has 0 aliphatic heterocycles. The van der Waals surface area contributed by atoms with Gasteiger partial charge in [-0.3, -0.25) is 0 Å². The predicted molar refractivity (Wildman–Crippen MR) is 36.2 cm³/mol. The molecular formula is C6H5N4. The van der Waals surface area contributed by atoms with Gasteiger partial charge in [0.2, 0.25) is 0 Å². The summed E-state index contributed by atoms with van der Waals surface area (Å²) in [6.45, 7) is 0. The van der Waals surface area contributed by atoms with Gasteiger partial charge in [0.1, 0.15) is 0 Å². The molecule has 4 heteroatoms. The first-order valence-electron chi connectivity index (χ1n) is 2.84. The first kappa shape index (κ1) is 5.22. The van der Waals surface area contributed by atoms with Crippen molar-refractivity contribution in [2.45, 2.75) is 0 Å². The van der Waals surface area contributed by atoms with Gasteiger partial charge in [-0.25, -0.2) is 9.50 Å². The van der Waals surface area contributed by atoms with E-state index >= 15 is 0 Å². The van der Waals surface area contributed by atoms with Gasteiger partial charge >= 0.3 is 0 Å². The monoisotopic (exact) mass is 133 g/mol. The normalized spacial score (nSPS) is 10.4. The van der Waals surface area contributed by atoms with Gasteiger partial charge in [0.25, 0.3) is 0 Å². The van der Waals surface area contributed by atoms with Gasteiger partial charge in [0.05, 0.1) is 6.07 Å². The van der Waals surface area contributed by atoms with Gasteiger partial charge in [-0.15, -0.1) is 5.10 Å². The zero-order valence-corrected chi connectivity index (χ0v) is 5.15. The van der Waals surface area contributed by atoms with E-state index in [0.717, 1.165) is 0 Å². The lowest BCUT2D eigenvalue weighted by atomic mass is 10.6. The van der Waals surface area contributed by atoms with Gasteiger partial charge in [0, 0.05) is 12.4 Å². The number of nitrogen functional groups attached to an aromatic ring is 1. The molecule has 2 aromatic rings. The lowest BCUT2D eigenvalue weighted by Gasteiger charge is -1.85. The highest BCUT2D eigenvalue weighted by atomic mass is 15.3. The van der Waals surface area contributed by atoms with Gasteiger partial charge in [0.15, 0.2) is 11.5 Å². The van der Waals surface area contributed by atoms with Crippen molar-refractivity contribution in [3.05, 3.63) is 24.5 Å². The zero-order valence-electron chi connectivity index (χ0n) is 5.15. The Hall–Kier alpha value is -1.58. The van der Waals surface area contributed by atoms with Gasteiger partial charge < -0.3 is 5.73 Å². The van der Waals surface area contributed by atoms with Crippen molar-refractivity contribution in [2.75, 3.05) is 5.73 Å². The van der Waals surface area contributed by atoms with Crippen LogP contribution in [0.15, 0.2) is 18.5 Å². The third kappa shape index (κ3) is 0.621. The summed E-state index contributed by atoms with van der Waals surface area (Å²) in [5.74, 6) is 0.374. The fourth-order valence-electron chi connectivity index (χ4n) is 0.789. The Balaban J connectivity index is 2.88. The largest absolute Gasteiger partial charge is 0.382 e. The molecular weight excluding hydrogens is 128 g/mol. The molecule has 0 unspecified atom stereocenters. The standard InChI is InChI=1S/C6H5N4/c7-5-4-6-8-2-1-3-10(6)9-5/h1-3H,(H2,7,9). The van der Waals surface area contributed by atoms with E-state index in [2.05, 4.69) is 16.1 Å². The first-order chi connectivity index (χ1) is 4.86. The molecule has 4 nitrogen and oxygen atoms in total. The smallest absolute Gasteiger partial charge is 0.165 e. The predicted octanol–water partition coefficient (Wildman–Crippen LogP) is 0.112. The summed E-state index contributed by atoms with van der Waals surface area (Å²) in [4.78, 5) is 3.97. The van der Waals surface area contributed by atoms with E-state index in [0.29, 0.717) is 11.5 Å². The Kier molecular flexibility index (Phi) is 0.887. The highest BCUT2D eigenvalue weighted by Gasteiger charge is 1.95. The van der Waals surface area contributed by atoms with Crippen LogP contribution in [0.1, 0.15) is 0 Å². The Bertz CT molecular complexity index is 318. The maximum absolute atomic E-state index is 5.36. The third-order valence-corrected chi connectivity index (χ3v) is 1.18. The van der Waals surface area contributed by atoms with Crippen LogP contribution in [0.4, 0.5) is 5.82 Å². The summed E-state index contributed by atoms with van der Waals surface area (Å²) in [5.41, 5.74) is 6.02. The first-order valence-corrected chi connectivity index (χ1v) is 2.84. The van der Waals surface area contributed by atoms with E-state index in [4.69, 9.17) is 5.73 Å². The number of fused-ring (bicyclic) bond motifs is 1. The molecule has 2 rings (SSSR count). The Morgan fingerprint density at radius 3 is 3.30 bits per heavy atom. The molecule has 0 aliphatic rings. The molecule has 1 radical (unpaired) electrons. The lowest BCUT2D eigenvalue weighted by Crippen LogP contribution is -1.88. The van der Waals surface area contributed by atoms with Gasteiger partial charge in [-0.2, -0.15) is 0 Å². The topological polar surface area (TPSA) is 56.2 Å². The van der Waals surface area contributed by atoms with Crippen LogP contribution in [0.25, 0.3) is 5.65 Å². The van der Waals surface area contributed by atoms with E-state index in [1.165, 1.54) is 0 Å².